The van der Waals surface area contributed by atoms with E-state index in [1.54, 1.807) is 0 Å². The molecule has 2 atom stereocenters. The van der Waals surface area contributed by atoms with Crippen molar-refractivity contribution in [3.8, 4) is 44.5 Å². The number of benzene rings is 8. The molecule has 6 bridgehead atoms. The first-order valence-electron chi connectivity index (χ1n) is 20.1. The molecule has 8 aromatic rings. The molecule has 57 heavy (non-hydrogen) atoms. The van der Waals surface area contributed by atoms with Crippen LogP contribution in [0.3, 0.4) is 0 Å². The minimum absolute atomic E-state index is 0.105. The molecule has 0 aliphatic heterocycles. The van der Waals surface area contributed by atoms with Gasteiger partial charge in [0.2, 0.25) is 0 Å². The zero-order valence-corrected chi connectivity index (χ0v) is 31.7. The third kappa shape index (κ3) is 4.34. The van der Waals surface area contributed by atoms with E-state index in [2.05, 4.69) is 224 Å². The van der Waals surface area contributed by atoms with Gasteiger partial charge in [-0.3, -0.25) is 0 Å². The summed E-state index contributed by atoms with van der Waals surface area (Å²) in [6.07, 6.45) is 7.48. The van der Waals surface area contributed by atoms with Crippen LogP contribution in [0.4, 0.5) is 11.4 Å². The molecule has 2 unspecified atom stereocenters. The van der Waals surface area contributed by atoms with Crippen LogP contribution in [0.25, 0.3) is 44.5 Å². The lowest BCUT2D eigenvalue weighted by molar-refractivity contribution is 0.525. The molecule has 8 aromatic carbocycles. The molecule has 0 aromatic heterocycles. The van der Waals surface area contributed by atoms with Gasteiger partial charge in [-0.2, -0.15) is 0 Å². The first-order chi connectivity index (χ1) is 28.2. The number of fused-ring (bicyclic) bond motifs is 7. The lowest BCUT2D eigenvalue weighted by atomic mass is 9.63. The fourth-order valence-electron chi connectivity index (χ4n) is 11.0. The maximum atomic E-state index is 2.58. The Bertz CT molecular complexity index is 2920. The molecule has 4 aliphatic carbocycles. The molecule has 4 aliphatic rings. The third-order valence-corrected chi connectivity index (χ3v) is 13.4. The summed E-state index contributed by atoms with van der Waals surface area (Å²) in [6.45, 7) is 2.46. The monoisotopic (exact) mass is 725 g/mol. The molecular formula is C56H39N. The lowest BCUT2D eigenvalue weighted by Crippen LogP contribution is -2.32. The summed E-state index contributed by atoms with van der Waals surface area (Å²) in [5.74, 6) is 0.105. The molecule has 12 rings (SSSR count). The maximum absolute atomic E-state index is 2.58. The normalized spacial score (nSPS) is 18.3. The van der Waals surface area contributed by atoms with E-state index in [-0.39, 0.29) is 11.3 Å². The van der Waals surface area contributed by atoms with Gasteiger partial charge in [-0.1, -0.05) is 189 Å². The van der Waals surface area contributed by atoms with Gasteiger partial charge in [-0.05, 0) is 108 Å². The number of nitrogens with zero attached hydrogens (tertiary/aromatic N) is 1. The van der Waals surface area contributed by atoms with E-state index in [0.29, 0.717) is 0 Å². The van der Waals surface area contributed by atoms with Gasteiger partial charge in [-0.15, -0.1) is 0 Å². The van der Waals surface area contributed by atoms with Gasteiger partial charge in [-0.25, -0.2) is 0 Å². The zero-order valence-electron chi connectivity index (χ0n) is 31.7. The van der Waals surface area contributed by atoms with Crippen LogP contribution in [-0.2, 0) is 10.8 Å². The Balaban J connectivity index is 1.11. The number of hydrogen-bond donors (Lipinski definition) is 0. The highest BCUT2D eigenvalue weighted by molar-refractivity contribution is 6.02. The summed E-state index contributed by atoms with van der Waals surface area (Å²) in [6, 6.07) is 72.3. The molecule has 0 radical (unpaired) electrons. The minimum Gasteiger partial charge on any atom is -0.311 e. The second-order valence-corrected chi connectivity index (χ2v) is 16.2. The molecule has 1 heteroatoms. The van der Waals surface area contributed by atoms with E-state index in [4.69, 9.17) is 0 Å². The largest absolute Gasteiger partial charge is 0.311 e. The Hall–Kier alpha value is -6.96. The van der Waals surface area contributed by atoms with Gasteiger partial charge < -0.3 is 4.90 Å². The fraction of sp³-hybridized carbons (Fsp3) is 0.0714. The van der Waals surface area contributed by atoms with Crippen molar-refractivity contribution in [3.05, 3.63) is 251 Å². The van der Waals surface area contributed by atoms with Gasteiger partial charge in [0.1, 0.15) is 0 Å². The van der Waals surface area contributed by atoms with E-state index < -0.39 is 5.41 Å². The van der Waals surface area contributed by atoms with Crippen LogP contribution < -0.4 is 4.90 Å². The fourth-order valence-corrected chi connectivity index (χ4v) is 11.0. The molecule has 0 N–H and O–H groups in total. The van der Waals surface area contributed by atoms with E-state index in [1.807, 2.05) is 0 Å². The maximum Gasteiger partial charge on any atom is 0.0714 e. The lowest BCUT2D eigenvalue weighted by Gasteiger charge is -2.41. The second kappa shape index (κ2) is 12.0. The number of allylic oxidation sites excluding steroid dienone is 3. The number of anilines is 2. The van der Waals surface area contributed by atoms with Crippen molar-refractivity contribution in [2.75, 3.05) is 4.90 Å². The predicted molar refractivity (Wildman–Crippen MR) is 236 cm³/mol. The first-order valence-corrected chi connectivity index (χ1v) is 20.1. The summed E-state index contributed by atoms with van der Waals surface area (Å²) in [7, 11) is 0. The SMILES string of the molecule is CC12C=CC(N(c3ccccc3)c3ccc4c(c3)C(c3ccccc3)(c3ccccc3)c3ccccc3-4)=CC1c1c3cccc1-c1cccc2c1-c1ccccc1-3. The van der Waals surface area contributed by atoms with E-state index >= 15 is 0 Å². The Morgan fingerprint density at radius 2 is 0.965 bits per heavy atom. The van der Waals surface area contributed by atoms with Crippen LogP contribution in [0.1, 0.15) is 46.2 Å². The smallest absolute Gasteiger partial charge is 0.0714 e. The van der Waals surface area contributed by atoms with Crippen molar-refractivity contribution < 1.29 is 0 Å². The van der Waals surface area contributed by atoms with Crippen LogP contribution in [0.15, 0.2) is 218 Å². The summed E-state index contributed by atoms with van der Waals surface area (Å²) < 4.78 is 0. The number of rotatable bonds is 5. The molecular weight excluding hydrogens is 687 g/mol. The number of para-hydroxylation sites is 1. The van der Waals surface area contributed by atoms with Gasteiger partial charge in [0.15, 0.2) is 0 Å². The molecule has 0 fully saturated rings. The molecule has 0 saturated heterocycles. The van der Waals surface area contributed by atoms with Crippen LogP contribution in [-0.4, -0.2) is 0 Å². The molecule has 268 valence electrons. The molecule has 1 nitrogen and oxygen atoms in total. The summed E-state index contributed by atoms with van der Waals surface area (Å²) in [5, 5.41) is 0. The van der Waals surface area contributed by atoms with Crippen LogP contribution in [0, 0.1) is 0 Å². The van der Waals surface area contributed by atoms with Crippen molar-refractivity contribution >= 4 is 11.4 Å². The Kier molecular flexibility index (Phi) is 6.81. The van der Waals surface area contributed by atoms with E-state index in [0.717, 1.165) is 11.4 Å². The van der Waals surface area contributed by atoms with Gasteiger partial charge in [0, 0.05) is 28.4 Å². The van der Waals surface area contributed by atoms with Crippen LogP contribution in [0.5, 0.6) is 0 Å². The first kappa shape index (κ1) is 32.3. The van der Waals surface area contributed by atoms with Crippen molar-refractivity contribution in [1.82, 2.24) is 0 Å². The second-order valence-electron chi connectivity index (χ2n) is 16.2. The van der Waals surface area contributed by atoms with Gasteiger partial charge >= 0.3 is 0 Å². The summed E-state index contributed by atoms with van der Waals surface area (Å²) >= 11 is 0. The Morgan fingerprint density at radius 3 is 1.70 bits per heavy atom. The van der Waals surface area contributed by atoms with Gasteiger partial charge in [0.05, 0.1) is 5.41 Å². The average Bonchev–Trinajstić information content (AvgIpc) is 3.52. The van der Waals surface area contributed by atoms with Gasteiger partial charge in [0.25, 0.3) is 0 Å². The third-order valence-electron chi connectivity index (χ3n) is 13.4. The molecule has 0 saturated carbocycles. The highest BCUT2D eigenvalue weighted by atomic mass is 15.1. The molecule has 0 spiro atoms. The summed E-state index contributed by atoms with van der Waals surface area (Å²) in [4.78, 5) is 2.49. The van der Waals surface area contributed by atoms with E-state index in [1.165, 1.54) is 83.6 Å². The number of hydrogen-bond acceptors (Lipinski definition) is 1. The highest BCUT2D eigenvalue weighted by Gasteiger charge is 2.48. The van der Waals surface area contributed by atoms with Crippen molar-refractivity contribution in [3.63, 3.8) is 0 Å². The van der Waals surface area contributed by atoms with Crippen LogP contribution in [0.2, 0.25) is 0 Å². The minimum atomic E-state index is -0.484. The van der Waals surface area contributed by atoms with Crippen molar-refractivity contribution in [2.45, 2.75) is 23.7 Å². The predicted octanol–water partition coefficient (Wildman–Crippen LogP) is 14.0. The van der Waals surface area contributed by atoms with Crippen molar-refractivity contribution in [2.24, 2.45) is 0 Å². The highest BCUT2D eigenvalue weighted by Crippen LogP contribution is 2.61. The summed E-state index contributed by atoms with van der Waals surface area (Å²) in [5.41, 5.74) is 21.3. The Labute approximate surface area is 334 Å². The standard InChI is InChI=1S/C56H39N/c1-55-34-33-41(36-52(55)54-46-26-15-27-48(54)47-28-16-30-50(55)53(47)45-25-12-11-23-42(45)46)57(39-21-9-4-10-22-39)40-31-32-44-43-24-13-14-29-49(43)56(51(44)35-40,37-17-5-2-6-18-37)38-19-7-3-8-20-38/h2-36,52H,1H3. The van der Waals surface area contributed by atoms with Crippen molar-refractivity contribution in [1.29, 1.82) is 0 Å². The van der Waals surface area contributed by atoms with E-state index in [9.17, 15) is 0 Å². The Morgan fingerprint density at radius 1 is 0.421 bits per heavy atom. The topological polar surface area (TPSA) is 3.24 Å². The molecule has 0 amide bonds. The van der Waals surface area contributed by atoms with Crippen LogP contribution >= 0.6 is 0 Å². The molecule has 0 heterocycles. The zero-order chi connectivity index (χ0) is 37.7. The quantitative estimate of drug-likeness (QED) is 0.171. The average molecular weight is 726 g/mol.